The van der Waals surface area contributed by atoms with E-state index in [-0.39, 0.29) is 16.0 Å². The Morgan fingerprint density at radius 1 is 1.42 bits per heavy atom. The van der Waals surface area contributed by atoms with E-state index in [1.807, 2.05) is 0 Å². The first-order valence-corrected chi connectivity index (χ1v) is 7.86. The molecule has 1 amide bonds. The van der Waals surface area contributed by atoms with Gasteiger partial charge in [0.2, 0.25) is 0 Å². The van der Waals surface area contributed by atoms with Crippen LogP contribution in [0, 0.1) is 11.2 Å². The molecule has 1 aromatic carbocycles. The molecule has 1 aliphatic rings. The van der Waals surface area contributed by atoms with E-state index in [1.165, 1.54) is 25.0 Å². The number of carbonyl (C=O) groups is 1. The lowest BCUT2D eigenvalue weighted by Crippen LogP contribution is -2.37. The fourth-order valence-corrected chi connectivity index (χ4v) is 3.46. The van der Waals surface area contributed by atoms with Gasteiger partial charge < -0.3 is 5.32 Å². The van der Waals surface area contributed by atoms with Crippen LogP contribution in [0.1, 0.15) is 36.0 Å². The molecule has 0 aliphatic heterocycles. The zero-order chi connectivity index (χ0) is 13.9. The van der Waals surface area contributed by atoms with Gasteiger partial charge in [0.05, 0.1) is 10.6 Å². The number of hydrogen-bond donors (Lipinski definition) is 1. The van der Waals surface area contributed by atoms with Crippen molar-refractivity contribution in [3.8, 4) is 0 Å². The Morgan fingerprint density at radius 3 is 2.74 bits per heavy atom. The van der Waals surface area contributed by atoms with Crippen LogP contribution in [-0.4, -0.2) is 17.8 Å². The van der Waals surface area contributed by atoms with Crippen LogP contribution in [0.4, 0.5) is 4.39 Å². The maximum Gasteiger partial charge on any atom is 0.254 e. The van der Waals surface area contributed by atoms with Crippen LogP contribution < -0.4 is 5.32 Å². The Hall–Kier alpha value is -0.610. The highest BCUT2D eigenvalue weighted by molar-refractivity contribution is 9.09. The number of halogens is 3. The summed E-state index contributed by atoms with van der Waals surface area (Å²) in [4.78, 5) is 12.0. The summed E-state index contributed by atoms with van der Waals surface area (Å²) in [6, 6.07) is 4.47. The molecule has 0 saturated heterocycles. The zero-order valence-electron chi connectivity index (χ0n) is 10.5. The van der Waals surface area contributed by atoms with Gasteiger partial charge in [0, 0.05) is 11.9 Å². The van der Waals surface area contributed by atoms with E-state index < -0.39 is 11.7 Å². The third-order valence-electron chi connectivity index (χ3n) is 3.77. The maximum atomic E-state index is 13.7. The molecule has 1 aromatic rings. The average Bonchev–Trinajstić information content (AvgIpc) is 2.89. The Labute approximate surface area is 125 Å². The van der Waals surface area contributed by atoms with Crippen LogP contribution in [0.5, 0.6) is 0 Å². The van der Waals surface area contributed by atoms with Gasteiger partial charge in [0.1, 0.15) is 0 Å². The normalized spacial score (nSPS) is 17.4. The summed E-state index contributed by atoms with van der Waals surface area (Å²) in [6.07, 6.45) is 4.56. The van der Waals surface area contributed by atoms with Gasteiger partial charge in [0.15, 0.2) is 5.82 Å². The minimum Gasteiger partial charge on any atom is -0.351 e. The second-order valence-electron chi connectivity index (χ2n) is 5.12. The van der Waals surface area contributed by atoms with Crippen molar-refractivity contribution in [1.29, 1.82) is 0 Å². The van der Waals surface area contributed by atoms with Gasteiger partial charge in [0.25, 0.3) is 5.91 Å². The van der Waals surface area contributed by atoms with Gasteiger partial charge >= 0.3 is 0 Å². The van der Waals surface area contributed by atoms with E-state index in [1.54, 1.807) is 6.07 Å². The third kappa shape index (κ3) is 3.29. The van der Waals surface area contributed by atoms with Crippen molar-refractivity contribution in [3.05, 3.63) is 34.6 Å². The van der Waals surface area contributed by atoms with E-state index in [0.717, 1.165) is 18.2 Å². The first-order chi connectivity index (χ1) is 9.08. The summed E-state index contributed by atoms with van der Waals surface area (Å²) in [5.74, 6) is -1.05. The lowest BCUT2D eigenvalue weighted by atomic mass is 9.89. The standard InChI is InChI=1S/C14H16BrClFNO/c15-8-14(6-1-2-7-14)9-18-13(19)10-4-3-5-11(16)12(10)17/h3-5H,1-2,6-9H2,(H,18,19). The number of amides is 1. The van der Waals surface area contributed by atoms with Gasteiger partial charge in [-0.25, -0.2) is 4.39 Å². The molecule has 104 valence electrons. The lowest BCUT2D eigenvalue weighted by Gasteiger charge is -2.26. The average molecular weight is 349 g/mol. The number of hydrogen-bond acceptors (Lipinski definition) is 1. The van der Waals surface area contributed by atoms with Crippen LogP contribution in [0.25, 0.3) is 0 Å². The molecular formula is C14H16BrClFNO. The largest absolute Gasteiger partial charge is 0.351 e. The quantitative estimate of drug-likeness (QED) is 0.813. The minimum absolute atomic E-state index is 0.00946. The summed E-state index contributed by atoms with van der Waals surface area (Å²) in [7, 11) is 0. The molecule has 0 radical (unpaired) electrons. The first-order valence-electron chi connectivity index (χ1n) is 6.36. The molecule has 1 saturated carbocycles. The molecule has 19 heavy (non-hydrogen) atoms. The van der Waals surface area contributed by atoms with E-state index >= 15 is 0 Å². The Morgan fingerprint density at radius 2 is 2.11 bits per heavy atom. The summed E-state index contributed by atoms with van der Waals surface area (Å²) in [6.45, 7) is 0.572. The summed E-state index contributed by atoms with van der Waals surface area (Å²) in [5, 5.41) is 3.67. The Kier molecular flexibility index (Phi) is 4.85. The summed E-state index contributed by atoms with van der Waals surface area (Å²) in [5.41, 5.74) is 0.125. The summed E-state index contributed by atoms with van der Waals surface area (Å²) >= 11 is 9.20. The number of alkyl halides is 1. The number of carbonyl (C=O) groups excluding carboxylic acids is 1. The highest BCUT2D eigenvalue weighted by Crippen LogP contribution is 2.39. The molecule has 0 aromatic heterocycles. The highest BCUT2D eigenvalue weighted by Gasteiger charge is 2.33. The fraction of sp³-hybridized carbons (Fsp3) is 0.500. The number of nitrogens with one attached hydrogen (secondary N) is 1. The second-order valence-corrected chi connectivity index (χ2v) is 6.09. The lowest BCUT2D eigenvalue weighted by molar-refractivity contribution is 0.0931. The molecule has 5 heteroatoms. The molecular weight excluding hydrogens is 333 g/mol. The van der Waals surface area contributed by atoms with E-state index in [4.69, 9.17) is 11.6 Å². The smallest absolute Gasteiger partial charge is 0.254 e. The van der Waals surface area contributed by atoms with Crippen LogP contribution in [0.15, 0.2) is 18.2 Å². The minimum atomic E-state index is -0.652. The van der Waals surface area contributed by atoms with Crippen molar-refractivity contribution in [3.63, 3.8) is 0 Å². The monoisotopic (exact) mass is 347 g/mol. The van der Waals surface area contributed by atoms with Gasteiger partial charge in [-0.2, -0.15) is 0 Å². The Bertz CT molecular complexity index is 475. The highest BCUT2D eigenvalue weighted by atomic mass is 79.9. The van der Waals surface area contributed by atoms with Crippen LogP contribution in [0.2, 0.25) is 5.02 Å². The fourth-order valence-electron chi connectivity index (χ4n) is 2.52. The molecule has 0 bridgehead atoms. The SMILES string of the molecule is O=C(NCC1(CBr)CCCC1)c1cccc(Cl)c1F. The molecule has 1 fully saturated rings. The molecule has 0 unspecified atom stereocenters. The molecule has 2 rings (SSSR count). The van der Waals surface area contributed by atoms with E-state index in [9.17, 15) is 9.18 Å². The molecule has 0 spiro atoms. The zero-order valence-corrected chi connectivity index (χ0v) is 12.9. The number of rotatable bonds is 4. The third-order valence-corrected chi connectivity index (χ3v) is 5.25. The maximum absolute atomic E-state index is 13.7. The summed E-state index contributed by atoms with van der Waals surface area (Å²) < 4.78 is 13.7. The van der Waals surface area contributed by atoms with Gasteiger partial charge in [-0.05, 0) is 30.4 Å². The number of benzene rings is 1. The van der Waals surface area contributed by atoms with Gasteiger partial charge in [-0.3, -0.25) is 4.79 Å². The predicted molar refractivity (Wildman–Crippen MR) is 78.4 cm³/mol. The van der Waals surface area contributed by atoms with Crippen LogP contribution in [0.3, 0.4) is 0 Å². The van der Waals surface area contributed by atoms with Crippen molar-refractivity contribution < 1.29 is 9.18 Å². The molecule has 0 heterocycles. The van der Waals surface area contributed by atoms with Crippen molar-refractivity contribution in [2.75, 3.05) is 11.9 Å². The van der Waals surface area contributed by atoms with Crippen molar-refractivity contribution in [2.45, 2.75) is 25.7 Å². The van der Waals surface area contributed by atoms with Crippen LogP contribution >= 0.6 is 27.5 Å². The topological polar surface area (TPSA) is 29.1 Å². The van der Waals surface area contributed by atoms with Gasteiger partial charge in [-0.15, -0.1) is 0 Å². The first kappa shape index (κ1) is 14.8. The van der Waals surface area contributed by atoms with Gasteiger partial charge in [-0.1, -0.05) is 46.4 Å². The predicted octanol–water partition coefficient (Wildman–Crippen LogP) is 4.16. The molecule has 0 atom stereocenters. The second kappa shape index (κ2) is 6.23. The van der Waals surface area contributed by atoms with Crippen molar-refractivity contribution >= 4 is 33.4 Å². The molecule has 1 N–H and O–H groups in total. The Balaban J connectivity index is 2.03. The van der Waals surface area contributed by atoms with E-state index in [2.05, 4.69) is 21.2 Å². The van der Waals surface area contributed by atoms with Crippen molar-refractivity contribution in [2.24, 2.45) is 5.41 Å². The van der Waals surface area contributed by atoms with Crippen LogP contribution in [-0.2, 0) is 0 Å². The van der Waals surface area contributed by atoms with Crippen molar-refractivity contribution in [1.82, 2.24) is 5.32 Å². The molecule has 1 aliphatic carbocycles. The van der Waals surface area contributed by atoms with E-state index in [0.29, 0.717) is 6.54 Å². The molecule has 2 nitrogen and oxygen atoms in total.